The van der Waals surface area contributed by atoms with Gasteiger partial charge >= 0.3 is 0 Å². The van der Waals surface area contributed by atoms with Gasteiger partial charge in [-0.2, -0.15) is 0 Å². The summed E-state index contributed by atoms with van der Waals surface area (Å²) in [6, 6.07) is 13.4. The van der Waals surface area contributed by atoms with E-state index in [0.29, 0.717) is 53.6 Å². The molecule has 1 unspecified atom stereocenters. The minimum Gasteiger partial charge on any atom is -0.463 e. The third kappa shape index (κ3) is 4.53. The molecule has 5 rings (SSSR count). The molecule has 1 atom stereocenters. The van der Waals surface area contributed by atoms with Gasteiger partial charge in [0, 0.05) is 19.6 Å². The van der Waals surface area contributed by atoms with Gasteiger partial charge in [-0.3, -0.25) is 9.69 Å². The molecular weight excluding hydrogens is 420 g/mol. The van der Waals surface area contributed by atoms with Crippen LogP contribution in [0, 0.1) is 13.8 Å². The molecule has 8 heteroatoms. The van der Waals surface area contributed by atoms with Crippen molar-refractivity contribution < 1.29 is 18.5 Å². The van der Waals surface area contributed by atoms with E-state index in [9.17, 15) is 4.79 Å². The largest absolute Gasteiger partial charge is 0.463 e. The molecule has 0 aliphatic carbocycles. The van der Waals surface area contributed by atoms with Crippen LogP contribution in [-0.2, 0) is 4.74 Å². The molecule has 0 bridgehead atoms. The number of carbonyl (C=O) groups is 1. The van der Waals surface area contributed by atoms with Gasteiger partial charge in [-0.1, -0.05) is 35.0 Å². The summed E-state index contributed by atoms with van der Waals surface area (Å²) in [5.74, 6) is 0.351. The van der Waals surface area contributed by atoms with E-state index in [1.807, 2.05) is 6.92 Å². The smallest absolute Gasteiger partial charge is 0.259 e. The van der Waals surface area contributed by atoms with E-state index in [1.54, 1.807) is 24.5 Å². The van der Waals surface area contributed by atoms with E-state index in [0.717, 1.165) is 18.7 Å². The number of hydrogen-bond acceptors (Lipinski definition) is 7. The standard InChI is InChI=1S/C25H26N4O4/c1-16-5-7-18(8-6-16)21(15-29-9-12-31-13-10-29)26-24(30)19-14-20(22-4-3-11-32-22)27-25-23(19)17(2)28-33-25/h3-8,11,14,21H,9-10,12-13,15H2,1-2H3,(H,26,30). The van der Waals surface area contributed by atoms with Crippen molar-refractivity contribution in [2.75, 3.05) is 32.8 Å². The number of fused-ring (bicyclic) bond motifs is 1. The zero-order chi connectivity index (χ0) is 22.8. The minimum absolute atomic E-state index is 0.188. The summed E-state index contributed by atoms with van der Waals surface area (Å²) in [6.07, 6.45) is 1.57. The Morgan fingerprint density at radius 1 is 1.15 bits per heavy atom. The van der Waals surface area contributed by atoms with E-state index in [2.05, 4.69) is 51.5 Å². The van der Waals surface area contributed by atoms with Crippen molar-refractivity contribution in [2.24, 2.45) is 0 Å². The average Bonchev–Trinajstić information content (AvgIpc) is 3.50. The number of morpholine rings is 1. The number of ether oxygens (including phenoxy) is 1. The monoisotopic (exact) mass is 446 g/mol. The summed E-state index contributed by atoms with van der Waals surface area (Å²) >= 11 is 0. The third-order valence-electron chi connectivity index (χ3n) is 5.96. The minimum atomic E-state index is -0.208. The summed E-state index contributed by atoms with van der Waals surface area (Å²) in [7, 11) is 0. The predicted molar refractivity (Wildman–Crippen MR) is 123 cm³/mol. The Balaban J connectivity index is 1.49. The van der Waals surface area contributed by atoms with Gasteiger partial charge in [0.2, 0.25) is 0 Å². The molecule has 3 aromatic heterocycles. The molecule has 1 aliphatic rings. The van der Waals surface area contributed by atoms with Crippen molar-refractivity contribution in [3.8, 4) is 11.5 Å². The van der Waals surface area contributed by atoms with Gasteiger partial charge in [0.25, 0.3) is 11.6 Å². The first-order valence-electron chi connectivity index (χ1n) is 11.1. The highest BCUT2D eigenvalue weighted by atomic mass is 16.5. The molecule has 0 spiro atoms. The molecule has 0 saturated carbocycles. The maximum atomic E-state index is 13.6. The molecule has 4 heterocycles. The molecule has 1 amide bonds. The number of aromatic nitrogens is 2. The summed E-state index contributed by atoms with van der Waals surface area (Å²) < 4.78 is 16.4. The van der Waals surface area contributed by atoms with Crippen LogP contribution in [-0.4, -0.2) is 53.8 Å². The zero-order valence-corrected chi connectivity index (χ0v) is 18.7. The first kappa shape index (κ1) is 21.4. The van der Waals surface area contributed by atoms with E-state index in [-0.39, 0.29) is 11.9 Å². The highest BCUT2D eigenvalue weighted by Gasteiger charge is 2.25. The van der Waals surface area contributed by atoms with Gasteiger partial charge in [-0.05, 0) is 37.6 Å². The van der Waals surface area contributed by atoms with Crippen molar-refractivity contribution in [2.45, 2.75) is 19.9 Å². The molecule has 1 aliphatic heterocycles. The number of furan rings is 1. The molecule has 1 saturated heterocycles. The quantitative estimate of drug-likeness (QED) is 0.480. The van der Waals surface area contributed by atoms with E-state index >= 15 is 0 Å². The van der Waals surface area contributed by atoms with E-state index in [4.69, 9.17) is 13.7 Å². The van der Waals surface area contributed by atoms with Crippen molar-refractivity contribution in [3.05, 3.63) is 71.1 Å². The number of carbonyl (C=O) groups excluding carboxylic acids is 1. The number of amides is 1. The number of nitrogens with one attached hydrogen (secondary N) is 1. The topological polar surface area (TPSA) is 93.6 Å². The molecular formula is C25H26N4O4. The predicted octanol–water partition coefficient (Wildman–Crippen LogP) is 3.90. The Morgan fingerprint density at radius 2 is 1.94 bits per heavy atom. The number of pyridine rings is 1. The Morgan fingerprint density at radius 3 is 2.67 bits per heavy atom. The van der Waals surface area contributed by atoms with E-state index in [1.165, 1.54) is 5.56 Å². The van der Waals surface area contributed by atoms with Crippen LogP contribution in [0.25, 0.3) is 22.6 Å². The normalized spacial score (nSPS) is 15.6. The number of rotatable bonds is 6. The fraction of sp³-hybridized carbons (Fsp3) is 0.320. The summed E-state index contributed by atoms with van der Waals surface area (Å²) in [5.41, 5.74) is 4.15. The van der Waals surface area contributed by atoms with Crippen LogP contribution in [0.3, 0.4) is 0 Å². The Hall–Kier alpha value is -3.49. The lowest BCUT2D eigenvalue weighted by Gasteiger charge is -2.31. The second kappa shape index (κ2) is 9.17. The van der Waals surface area contributed by atoms with Crippen LogP contribution >= 0.6 is 0 Å². The van der Waals surface area contributed by atoms with Crippen molar-refractivity contribution >= 4 is 17.0 Å². The molecule has 4 aromatic rings. The first-order chi connectivity index (χ1) is 16.1. The van der Waals surface area contributed by atoms with E-state index < -0.39 is 0 Å². The molecule has 170 valence electrons. The van der Waals surface area contributed by atoms with Gasteiger partial charge in [0.05, 0.1) is 42.2 Å². The van der Waals surface area contributed by atoms with Crippen LogP contribution in [0.15, 0.2) is 57.7 Å². The Bertz CT molecular complexity index is 1240. The molecule has 1 fully saturated rings. The number of benzene rings is 1. The fourth-order valence-corrected chi connectivity index (χ4v) is 4.14. The summed E-state index contributed by atoms with van der Waals surface area (Å²) in [6.45, 7) is 7.63. The maximum absolute atomic E-state index is 13.6. The molecule has 0 radical (unpaired) electrons. The SMILES string of the molecule is Cc1ccc(C(CN2CCOCC2)NC(=O)c2cc(-c3ccco3)nc3onc(C)c23)cc1. The Labute approximate surface area is 191 Å². The lowest BCUT2D eigenvalue weighted by molar-refractivity contribution is 0.0332. The van der Waals surface area contributed by atoms with Crippen LogP contribution in [0.1, 0.15) is 33.2 Å². The van der Waals surface area contributed by atoms with Crippen LogP contribution < -0.4 is 5.32 Å². The lowest BCUT2D eigenvalue weighted by Crippen LogP contribution is -2.43. The van der Waals surface area contributed by atoms with Crippen molar-refractivity contribution in [3.63, 3.8) is 0 Å². The van der Waals surface area contributed by atoms with Gasteiger partial charge < -0.3 is 19.0 Å². The molecule has 33 heavy (non-hydrogen) atoms. The number of nitrogens with zero attached hydrogens (tertiary/aromatic N) is 3. The number of aryl methyl sites for hydroxylation is 2. The van der Waals surface area contributed by atoms with Gasteiger partial charge in [0.15, 0.2) is 5.76 Å². The van der Waals surface area contributed by atoms with Crippen LogP contribution in [0.4, 0.5) is 0 Å². The average molecular weight is 447 g/mol. The summed E-state index contributed by atoms with van der Waals surface area (Å²) in [4.78, 5) is 20.5. The molecule has 1 aromatic carbocycles. The van der Waals surface area contributed by atoms with Gasteiger partial charge in [-0.25, -0.2) is 4.98 Å². The first-order valence-corrected chi connectivity index (χ1v) is 11.1. The van der Waals surface area contributed by atoms with Gasteiger partial charge in [-0.15, -0.1) is 0 Å². The number of hydrogen-bond donors (Lipinski definition) is 1. The van der Waals surface area contributed by atoms with Crippen molar-refractivity contribution in [1.82, 2.24) is 20.4 Å². The van der Waals surface area contributed by atoms with Crippen molar-refractivity contribution in [1.29, 1.82) is 0 Å². The Kier molecular flexibility index (Phi) is 5.93. The van der Waals surface area contributed by atoms with Crippen LogP contribution in [0.2, 0.25) is 0 Å². The molecule has 8 nitrogen and oxygen atoms in total. The highest BCUT2D eigenvalue weighted by Crippen LogP contribution is 2.28. The van der Waals surface area contributed by atoms with Crippen LogP contribution in [0.5, 0.6) is 0 Å². The maximum Gasteiger partial charge on any atom is 0.259 e. The second-order valence-electron chi connectivity index (χ2n) is 8.33. The third-order valence-corrected chi connectivity index (χ3v) is 5.96. The zero-order valence-electron chi connectivity index (χ0n) is 18.7. The van der Waals surface area contributed by atoms with Gasteiger partial charge in [0.1, 0.15) is 5.69 Å². The molecule has 1 N–H and O–H groups in total. The highest BCUT2D eigenvalue weighted by molar-refractivity contribution is 6.07. The lowest BCUT2D eigenvalue weighted by atomic mass is 10.0. The fourth-order valence-electron chi connectivity index (χ4n) is 4.14. The summed E-state index contributed by atoms with van der Waals surface area (Å²) in [5, 5.41) is 7.89. The second-order valence-corrected chi connectivity index (χ2v) is 8.33.